The molecular weight excluding hydrogens is 331 g/mol. The van der Waals surface area contributed by atoms with E-state index in [-0.39, 0.29) is 22.0 Å². The average Bonchev–Trinajstić information content (AvgIpc) is 2.27. The Balaban J connectivity index is 2.98. The minimum Gasteiger partial charge on any atom is -0.598 e. The van der Waals surface area contributed by atoms with Gasteiger partial charge in [-0.25, -0.2) is 0 Å². The van der Waals surface area contributed by atoms with Gasteiger partial charge in [-0.2, -0.15) is 13.2 Å². The van der Waals surface area contributed by atoms with Crippen molar-refractivity contribution < 1.29 is 17.7 Å². The van der Waals surface area contributed by atoms with Gasteiger partial charge in [-0.05, 0) is 38.5 Å². The molecule has 0 spiro atoms. The first-order valence-electron chi connectivity index (χ1n) is 5.67. The van der Waals surface area contributed by atoms with Gasteiger partial charge < -0.3 is 4.55 Å². The van der Waals surface area contributed by atoms with Gasteiger partial charge in [0.1, 0.15) is 4.75 Å². The topological polar surface area (TPSA) is 35.1 Å². The first-order valence-corrected chi connectivity index (χ1v) is 7.64. The molecule has 0 aliphatic heterocycles. The fourth-order valence-electron chi connectivity index (χ4n) is 1.31. The van der Waals surface area contributed by atoms with Crippen molar-refractivity contribution in [3.63, 3.8) is 0 Å². The third kappa shape index (κ3) is 4.73. The van der Waals surface area contributed by atoms with E-state index in [2.05, 4.69) is 17.4 Å². The number of hydrogen-bond acceptors (Lipinski definition) is 3. The molecule has 1 unspecified atom stereocenters. The largest absolute Gasteiger partial charge is 0.598 e. The molecule has 0 fully saturated rings. The predicted octanol–water partition coefficient (Wildman–Crippen LogP) is 4.20. The summed E-state index contributed by atoms with van der Waals surface area (Å²) in [5.74, 6) is 0. The van der Waals surface area contributed by atoms with Gasteiger partial charge in [-0.1, -0.05) is 11.6 Å². The minimum absolute atomic E-state index is 0.00758. The van der Waals surface area contributed by atoms with Gasteiger partial charge in [0.15, 0.2) is 0 Å². The molecule has 0 bridgehead atoms. The first-order chi connectivity index (χ1) is 8.93. The van der Waals surface area contributed by atoms with Gasteiger partial charge in [-0.15, -0.1) is 17.4 Å². The van der Waals surface area contributed by atoms with Gasteiger partial charge in [0.25, 0.3) is 0 Å². The second-order valence-electron chi connectivity index (χ2n) is 5.17. The summed E-state index contributed by atoms with van der Waals surface area (Å²) >= 11 is 8.45. The molecule has 1 N–H and O–H groups in total. The highest BCUT2D eigenvalue weighted by atomic mass is 35.5. The SMILES string of the molecule is CC(C)(C)[S+]([O-])NCc1cc(C(F)(F)F)cc(Cl)c1S. The summed E-state index contributed by atoms with van der Waals surface area (Å²) in [6, 6.07) is 1.79. The summed E-state index contributed by atoms with van der Waals surface area (Å²) in [4.78, 5) is 0.248. The van der Waals surface area contributed by atoms with Gasteiger partial charge in [-0.3, -0.25) is 0 Å². The maximum absolute atomic E-state index is 12.7. The third-order valence-corrected chi connectivity index (χ3v) is 4.90. The lowest BCUT2D eigenvalue weighted by Gasteiger charge is -2.24. The van der Waals surface area contributed by atoms with Crippen LogP contribution in [0.5, 0.6) is 0 Å². The maximum atomic E-state index is 12.7. The zero-order valence-electron chi connectivity index (χ0n) is 11.1. The Hall–Kier alpha value is -0.0800. The lowest BCUT2D eigenvalue weighted by Crippen LogP contribution is -2.39. The van der Waals surface area contributed by atoms with Crippen LogP contribution in [-0.4, -0.2) is 9.30 Å². The predicted molar refractivity (Wildman–Crippen MR) is 78.4 cm³/mol. The summed E-state index contributed by atoms with van der Waals surface area (Å²) in [5, 5.41) is -0.0819. The van der Waals surface area contributed by atoms with Crippen LogP contribution < -0.4 is 4.72 Å². The number of halogens is 4. The lowest BCUT2D eigenvalue weighted by atomic mass is 10.1. The van der Waals surface area contributed by atoms with Crippen LogP contribution >= 0.6 is 24.2 Å². The molecule has 1 atom stereocenters. The standard InChI is InChI=1S/C12H15ClF3NOS2/c1-11(2,3)20(18)17-6-7-4-8(12(14,15)16)5-9(13)10(7)19/h4-5,17,19H,6H2,1-3H3. The Bertz CT molecular complexity index is 489. The zero-order valence-corrected chi connectivity index (χ0v) is 13.6. The van der Waals surface area contributed by atoms with E-state index in [0.29, 0.717) is 0 Å². The van der Waals surface area contributed by atoms with Crippen LogP contribution in [0.2, 0.25) is 5.02 Å². The van der Waals surface area contributed by atoms with Gasteiger partial charge >= 0.3 is 6.18 Å². The van der Waals surface area contributed by atoms with Gasteiger partial charge in [0.05, 0.1) is 17.1 Å². The first kappa shape index (κ1) is 18.0. The Labute approximate surface area is 129 Å². The third-order valence-electron chi connectivity index (χ3n) is 2.42. The molecule has 8 heteroatoms. The number of alkyl halides is 3. The molecule has 114 valence electrons. The molecular formula is C12H15ClF3NOS2. The quantitative estimate of drug-likeness (QED) is 0.636. The molecule has 0 radical (unpaired) electrons. The van der Waals surface area contributed by atoms with Crippen LogP contribution in [0.25, 0.3) is 0 Å². The Kier molecular flexibility index (Phi) is 5.71. The van der Waals surface area contributed by atoms with Crippen molar-refractivity contribution in [1.82, 2.24) is 4.72 Å². The second kappa shape index (κ2) is 6.36. The summed E-state index contributed by atoms with van der Waals surface area (Å²) in [7, 11) is 0. The molecule has 0 saturated carbocycles. The van der Waals surface area contributed by atoms with Crippen LogP contribution in [0.15, 0.2) is 17.0 Å². The molecule has 1 aromatic carbocycles. The number of hydrogen-bond donors (Lipinski definition) is 2. The molecule has 0 aliphatic carbocycles. The number of benzene rings is 1. The van der Waals surface area contributed by atoms with E-state index in [4.69, 9.17) is 11.6 Å². The van der Waals surface area contributed by atoms with Crippen LogP contribution in [0, 0.1) is 0 Å². The maximum Gasteiger partial charge on any atom is 0.416 e. The van der Waals surface area contributed by atoms with Crippen LogP contribution in [0.1, 0.15) is 31.9 Å². The van der Waals surface area contributed by atoms with Gasteiger partial charge in [0.2, 0.25) is 0 Å². The molecule has 0 aliphatic rings. The molecule has 0 aromatic heterocycles. The fourth-order valence-corrected chi connectivity index (χ4v) is 2.48. The molecule has 20 heavy (non-hydrogen) atoms. The van der Waals surface area contributed by atoms with Crippen molar-refractivity contribution in [3.8, 4) is 0 Å². The Morgan fingerprint density at radius 3 is 2.30 bits per heavy atom. The second-order valence-corrected chi connectivity index (χ2v) is 8.07. The lowest BCUT2D eigenvalue weighted by molar-refractivity contribution is -0.137. The van der Waals surface area contributed by atoms with Crippen LogP contribution in [-0.2, 0) is 24.1 Å². The summed E-state index contributed by atoms with van der Waals surface area (Å²) < 4.78 is 52.1. The van der Waals surface area contributed by atoms with Crippen molar-refractivity contribution in [2.75, 3.05) is 0 Å². The highest BCUT2D eigenvalue weighted by Crippen LogP contribution is 2.35. The molecule has 2 nitrogen and oxygen atoms in total. The van der Waals surface area contributed by atoms with E-state index < -0.39 is 27.8 Å². The van der Waals surface area contributed by atoms with E-state index in [1.54, 1.807) is 20.8 Å². The smallest absolute Gasteiger partial charge is 0.416 e. The molecule has 0 saturated heterocycles. The zero-order chi connectivity index (χ0) is 15.7. The van der Waals surface area contributed by atoms with Crippen molar-refractivity contribution in [2.45, 2.75) is 43.1 Å². The normalized spacial score (nSPS) is 14.4. The molecule has 0 amide bonds. The van der Waals surface area contributed by atoms with Crippen molar-refractivity contribution in [3.05, 3.63) is 28.3 Å². The monoisotopic (exact) mass is 345 g/mol. The molecule has 1 aromatic rings. The average molecular weight is 346 g/mol. The summed E-state index contributed by atoms with van der Waals surface area (Å²) in [6.07, 6.45) is -4.48. The Morgan fingerprint density at radius 1 is 1.30 bits per heavy atom. The van der Waals surface area contributed by atoms with Crippen molar-refractivity contribution >= 4 is 35.6 Å². The van der Waals surface area contributed by atoms with E-state index in [1.807, 2.05) is 0 Å². The van der Waals surface area contributed by atoms with E-state index in [1.165, 1.54) is 0 Å². The van der Waals surface area contributed by atoms with Crippen LogP contribution in [0.3, 0.4) is 0 Å². The summed E-state index contributed by atoms with van der Waals surface area (Å²) in [5.41, 5.74) is -0.593. The summed E-state index contributed by atoms with van der Waals surface area (Å²) in [6.45, 7) is 5.27. The highest BCUT2D eigenvalue weighted by Gasteiger charge is 2.32. The number of thiol groups is 1. The molecule has 1 rings (SSSR count). The van der Waals surface area contributed by atoms with E-state index in [0.717, 1.165) is 12.1 Å². The van der Waals surface area contributed by atoms with Crippen molar-refractivity contribution in [1.29, 1.82) is 0 Å². The minimum atomic E-state index is -4.48. The van der Waals surface area contributed by atoms with Crippen molar-refractivity contribution in [2.24, 2.45) is 0 Å². The Morgan fingerprint density at radius 2 is 1.85 bits per heavy atom. The number of nitrogens with one attached hydrogen (secondary N) is 1. The van der Waals surface area contributed by atoms with Crippen LogP contribution in [0.4, 0.5) is 13.2 Å². The van der Waals surface area contributed by atoms with E-state index >= 15 is 0 Å². The molecule has 0 heterocycles. The van der Waals surface area contributed by atoms with Gasteiger partial charge in [0, 0.05) is 16.3 Å². The van der Waals surface area contributed by atoms with E-state index in [9.17, 15) is 17.7 Å². The highest BCUT2D eigenvalue weighted by molar-refractivity contribution is 7.90. The fraction of sp³-hybridized carbons (Fsp3) is 0.500. The number of rotatable bonds is 3.